The number of primary amides is 1. The predicted molar refractivity (Wildman–Crippen MR) is 59.7 cm³/mol. The van der Waals surface area contributed by atoms with Gasteiger partial charge in [-0.3, -0.25) is 14.4 Å². The summed E-state index contributed by atoms with van der Waals surface area (Å²) < 4.78 is 4.31. The summed E-state index contributed by atoms with van der Waals surface area (Å²) in [6.45, 7) is 4.90. The number of aliphatic carboxylic acids is 1. The van der Waals surface area contributed by atoms with E-state index in [9.17, 15) is 14.4 Å². The molecule has 1 atom stereocenters. The Morgan fingerprint density at radius 1 is 1.44 bits per heavy atom. The minimum Gasteiger partial charge on any atom is -1.00 e. The van der Waals surface area contributed by atoms with E-state index in [1.54, 1.807) is 0 Å². The van der Waals surface area contributed by atoms with Crippen molar-refractivity contribution in [1.29, 1.82) is 0 Å². The van der Waals surface area contributed by atoms with Crippen molar-refractivity contribution < 1.29 is 130 Å². The average Bonchev–Trinajstić information content (AvgIpc) is 2.25. The quantitative estimate of drug-likeness (QED) is 0.228. The maximum Gasteiger partial charge on any atom is 1.00 e. The molecule has 0 fully saturated rings. The van der Waals surface area contributed by atoms with Gasteiger partial charge in [0, 0.05) is 0 Å². The molecule has 0 radical (unpaired) electrons. The van der Waals surface area contributed by atoms with Crippen LogP contribution in [0.15, 0.2) is 12.7 Å². The Morgan fingerprint density at radius 3 is 2.00 bits per heavy atom. The number of methoxy groups -OCH3 is 1. The molecule has 1 amide bonds. The number of amides is 1. The van der Waals surface area contributed by atoms with Gasteiger partial charge in [-0.25, -0.2) is 0 Å². The van der Waals surface area contributed by atoms with Gasteiger partial charge in [-0.2, -0.15) is 0 Å². The number of rotatable bonds is 5. The van der Waals surface area contributed by atoms with E-state index in [1.807, 2.05) is 6.92 Å². The Balaban J connectivity index is -0.0000000482. The molecule has 0 spiro atoms. The summed E-state index contributed by atoms with van der Waals surface area (Å²) in [5.74, 6) is -3.26. The second-order valence-corrected chi connectivity index (χ2v) is 2.81. The number of carboxylic acid groups (broad SMARTS) is 1. The number of hydrogen-bond acceptors (Lipinski definition) is 4. The summed E-state index contributed by atoms with van der Waals surface area (Å²) in [7, 11) is 1.19. The van der Waals surface area contributed by atoms with E-state index in [0.717, 1.165) is 6.08 Å². The molecule has 18 heavy (non-hydrogen) atoms. The van der Waals surface area contributed by atoms with Crippen LogP contribution in [-0.4, -0.2) is 30.1 Å². The molecule has 0 aromatic heterocycles. The van der Waals surface area contributed by atoms with Gasteiger partial charge < -0.3 is 18.4 Å². The second kappa shape index (κ2) is 18.4. The van der Waals surface area contributed by atoms with Gasteiger partial charge >= 0.3 is 115 Å². The van der Waals surface area contributed by atoms with Crippen LogP contribution < -0.4 is 109 Å². The van der Waals surface area contributed by atoms with Crippen molar-refractivity contribution in [3.8, 4) is 0 Å². The van der Waals surface area contributed by atoms with Crippen molar-refractivity contribution in [2.45, 2.75) is 19.8 Å². The van der Waals surface area contributed by atoms with Crippen LogP contribution in [0.25, 0.3) is 0 Å². The van der Waals surface area contributed by atoms with Crippen LogP contribution in [0.1, 0.15) is 22.6 Å². The van der Waals surface area contributed by atoms with Gasteiger partial charge in [0.25, 0.3) is 0 Å². The van der Waals surface area contributed by atoms with E-state index in [0.29, 0.717) is 12.8 Å². The molecule has 0 bridgehead atoms. The van der Waals surface area contributed by atoms with Gasteiger partial charge in [-0.05, 0) is 12.5 Å². The largest absolute Gasteiger partial charge is 1.00 e. The molecular weight excluding hydrogens is 292 g/mol. The topological polar surface area (TPSA) is 107 Å². The van der Waals surface area contributed by atoms with Gasteiger partial charge in [-0.1, -0.05) is 19.9 Å². The van der Waals surface area contributed by atoms with E-state index >= 15 is 0 Å². The van der Waals surface area contributed by atoms with Crippen molar-refractivity contribution in [3.05, 3.63) is 12.7 Å². The van der Waals surface area contributed by atoms with Gasteiger partial charge in [0.2, 0.25) is 5.91 Å². The van der Waals surface area contributed by atoms with Crippen LogP contribution in [-0.2, 0) is 19.1 Å². The summed E-state index contributed by atoms with van der Waals surface area (Å²) in [6.07, 6.45) is 2.05. The van der Waals surface area contributed by atoms with Crippen molar-refractivity contribution in [2.24, 2.45) is 11.7 Å². The van der Waals surface area contributed by atoms with Crippen LogP contribution in [0.5, 0.6) is 0 Å². The molecule has 0 aliphatic rings. The van der Waals surface area contributed by atoms with Crippen LogP contribution in [0.4, 0.5) is 0 Å². The monoisotopic (exact) mass is 311 g/mol. The fraction of sp³-hybridized carbons (Fsp3) is 0.500. The first kappa shape index (κ1) is 27.7. The molecule has 6 nitrogen and oxygen atoms in total. The Hall–Kier alpha value is 1.42. The molecule has 8 heteroatoms. The zero-order valence-corrected chi connectivity index (χ0v) is 17.7. The third-order valence-electron chi connectivity index (χ3n) is 1.56. The van der Waals surface area contributed by atoms with E-state index in [4.69, 9.17) is 5.11 Å². The fourth-order valence-electron chi connectivity index (χ4n) is 0.773. The van der Waals surface area contributed by atoms with E-state index < -0.39 is 23.8 Å². The molecule has 0 aromatic rings. The molecule has 0 aliphatic carbocycles. The summed E-state index contributed by atoms with van der Waals surface area (Å²) in [5.41, 5.74) is 4.53. The van der Waals surface area contributed by atoms with E-state index in [-0.39, 0.29) is 106 Å². The molecule has 96 valence electrons. The Morgan fingerprint density at radius 2 is 1.83 bits per heavy atom. The number of carboxylic acids is 1. The van der Waals surface area contributed by atoms with Gasteiger partial charge in [0.15, 0.2) is 5.92 Å². The molecule has 0 saturated carbocycles. The third-order valence-corrected chi connectivity index (χ3v) is 1.56. The molecular formula is C10H19K2NO5. The SMILES string of the molecule is C=CC(N)=O.CCCC(C(=O)O)C(=O)OC.[H-].[H-].[K+].[K+]. The van der Waals surface area contributed by atoms with Crippen molar-refractivity contribution in [3.63, 3.8) is 0 Å². The van der Waals surface area contributed by atoms with Crippen molar-refractivity contribution >= 4 is 17.8 Å². The zero-order chi connectivity index (χ0) is 13.1. The average molecular weight is 311 g/mol. The normalized spacial score (nSPS) is 9.22. The summed E-state index contributed by atoms with van der Waals surface area (Å²) in [4.78, 5) is 30.6. The zero-order valence-electron chi connectivity index (χ0n) is 13.4. The number of carbonyl (C=O) groups excluding carboxylic acids is 2. The molecule has 1 unspecified atom stereocenters. The molecule has 0 aliphatic heterocycles. The predicted octanol–water partition coefficient (Wildman–Crippen LogP) is -5.45. The first-order valence-corrected chi connectivity index (χ1v) is 4.63. The first-order valence-electron chi connectivity index (χ1n) is 4.63. The van der Waals surface area contributed by atoms with E-state index in [1.165, 1.54) is 7.11 Å². The van der Waals surface area contributed by atoms with Gasteiger partial charge in [-0.15, -0.1) is 0 Å². The summed E-state index contributed by atoms with van der Waals surface area (Å²) >= 11 is 0. The van der Waals surface area contributed by atoms with E-state index in [2.05, 4.69) is 17.0 Å². The molecule has 0 heterocycles. The Kier molecular flexibility index (Phi) is 28.4. The van der Waals surface area contributed by atoms with Crippen LogP contribution in [0.2, 0.25) is 0 Å². The van der Waals surface area contributed by atoms with Crippen LogP contribution >= 0.6 is 0 Å². The standard InChI is InChI=1S/C7H12O4.C3H5NO.2K.2H/c1-3-4-5(6(8)9)7(10)11-2;1-2-3(4)5;;;;/h5H,3-4H2,1-2H3,(H,8,9);2H,1H2,(H2,4,5);;;;/q;;2*+1;2*-1. The number of hydrogen-bond donors (Lipinski definition) is 2. The number of esters is 1. The molecule has 0 saturated heterocycles. The number of nitrogens with two attached hydrogens (primary N) is 1. The Labute approximate surface area is 195 Å². The Bertz CT molecular complexity index is 280. The van der Waals surface area contributed by atoms with Crippen LogP contribution in [0.3, 0.4) is 0 Å². The van der Waals surface area contributed by atoms with Crippen molar-refractivity contribution in [2.75, 3.05) is 7.11 Å². The maximum atomic E-state index is 10.7. The first-order chi connectivity index (χ1) is 7.40. The summed E-state index contributed by atoms with van der Waals surface area (Å²) in [5, 5.41) is 8.51. The molecule has 3 N–H and O–H groups in total. The summed E-state index contributed by atoms with van der Waals surface area (Å²) in [6, 6.07) is 0. The molecule has 0 aromatic carbocycles. The van der Waals surface area contributed by atoms with Crippen molar-refractivity contribution in [1.82, 2.24) is 0 Å². The number of ether oxygens (including phenoxy) is 1. The second-order valence-electron chi connectivity index (χ2n) is 2.81. The van der Waals surface area contributed by atoms with Gasteiger partial charge in [0.05, 0.1) is 7.11 Å². The molecule has 0 rings (SSSR count). The maximum absolute atomic E-state index is 10.7. The minimum absolute atomic E-state index is 0. The van der Waals surface area contributed by atoms with Crippen LogP contribution in [0, 0.1) is 5.92 Å². The third kappa shape index (κ3) is 17.4. The smallest absolute Gasteiger partial charge is 1.00 e. The fourth-order valence-corrected chi connectivity index (χ4v) is 0.773. The number of carbonyl (C=O) groups is 3. The minimum atomic E-state index is -1.11. The van der Waals surface area contributed by atoms with Gasteiger partial charge in [0.1, 0.15) is 0 Å².